The maximum absolute atomic E-state index is 12.2. The Morgan fingerprint density at radius 2 is 1.76 bits per heavy atom. The zero-order chi connectivity index (χ0) is 15.0. The van der Waals surface area contributed by atoms with E-state index in [1.807, 2.05) is 6.92 Å². The number of aliphatic hydroxyl groups excluding tert-OH is 1. The van der Waals surface area contributed by atoms with Crippen molar-refractivity contribution in [3.8, 4) is 5.75 Å². The van der Waals surface area contributed by atoms with Gasteiger partial charge in [0.25, 0.3) is 0 Å². The zero-order valence-electron chi connectivity index (χ0n) is 11.4. The first kappa shape index (κ1) is 13.1. The molecule has 2 N–H and O–H groups in total. The predicted molar refractivity (Wildman–Crippen MR) is 81.3 cm³/mol. The number of carbonyl (C=O) groups excluding carboxylic acids is 1. The van der Waals surface area contributed by atoms with Crippen LogP contribution in [-0.4, -0.2) is 22.2 Å². The third-order valence-electron chi connectivity index (χ3n) is 3.39. The second-order valence-corrected chi connectivity index (χ2v) is 4.89. The number of rotatable bonds is 2. The van der Waals surface area contributed by atoms with E-state index < -0.39 is 0 Å². The summed E-state index contributed by atoms with van der Waals surface area (Å²) in [6.07, 6.45) is 1.30. The highest BCUT2D eigenvalue weighted by molar-refractivity contribution is 6.30. The van der Waals surface area contributed by atoms with Crippen molar-refractivity contribution in [2.24, 2.45) is 4.99 Å². The van der Waals surface area contributed by atoms with Crippen molar-refractivity contribution in [3.63, 3.8) is 0 Å². The van der Waals surface area contributed by atoms with Gasteiger partial charge in [-0.3, -0.25) is 9.79 Å². The smallest absolute Gasteiger partial charge is 0.199 e. The molecule has 0 spiro atoms. The number of hydrogen-bond acceptors (Lipinski definition) is 4. The van der Waals surface area contributed by atoms with Gasteiger partial charge in [-0.2, -0.15) is 0 Å². The average Bonchev–Trinajstić information content (AvgIpc) is 2.73. The number of hydrogen-bond donors (Lipinski definition) is 2. The van der Waals surface area contributed by atoms with Crippen LogP contribution >= 0.6 is 0 Å². The Morgan fingerprint density at radius 3 is 2.48 bits per heavy atom. The predicted octanol–water partition coefficient (Wildman–Crippen LogP) is 3.57. The fraction of sp³-hybridized carbons (Fsp3) is 0.0588. The van der Waals surface area contributed by atoms with Crippen molar-refractivity contribution in [2.75, 3.05) is 0 Å². The number of allylic oxidation sites excluding steroid dienone is 1. The van der Waals surface area contributed by atoms with Gasteiger partial charge in [0.2, 0.25) is 0 Å². The van der Waals surface area contributed by atoms with Gasteiger partial charge in [0.05, 0.1) is 5.57 Å². The molecule has 0 fully saturated rings. The minimum absolute atomic E-state index is 0.0277. The van der Waals surface area contributed by atoms with Gasteiger partial charge in [0.15, 0.2) is 5.78 Å². The lowest BCUT2D eigenvalue weighted by molar-refractivity contribution is 0.104. The van der Waals surface area contributed by atoms with E-state index in [9.17, 15) is 15.0 Å². The molecule has 2 aromatic carbocycles. The molecule has 0 bridgehead atoms. The van der Waals surface area contributed by atoms with Gasteiger partial charge in [-0.05, 0) is 24.6 Å². The lowest BCUT2D eigenvalue weighted by Crippen LogP contribution is -1.99. The number of ketones is 1. The van der Waals surface area contributed by atoms with Crippen LogP contribution in [0.2, 0.25) is 0 Å². The SMILES string of the molecule is Cc1ccc(O)c(/N=C/C2=C(O)c3ccccc3C2=O)c1. The largest absolute Gasteiger partial charge is 0.506 e. The van der Waals surface area contributed by atoms with E-state index in [1.54, 1.807) is 42.5 Å². The van der Waals surface area contributed by atoms with E-state index in [2.05, 4.69) is 4.99 Å². The van der Waals surface area contributed by atoms with Crippen molar-refractivity contribution >= 4 is 23.4 Å². The summed E-state index contributed by atoms with van der Waals surface area (Å²) in [4.78, 5) is 16.3. The highest BCUT2D eigenvalue weighted by Gasteiger charge is 2.27. The molecule has 0 heterocycles. The molecule has 0 saturated carbocycles. The number of Topliss-reactive ketones (excluding diaryl/α,β-unsaturated/α-hetero) is 1. The highest BCUT2D eigenvalue weighted by atomic mass is 16.3. The number of aryl methyl sites for hydroxylation is 1. The molecule has 0 aromatic heterocycles. The fourth-order valence-electron chi connectivity index (χ4n) is 2.28. The Morgan fingerprint density at radius 1 is 1.05 bits per heavy atom. The molecule has 1 aliphatic rings. The van der Waals surface area contributed by atoms with Crippen LogP contribution in [0.3, 0.4) is 0 Å². The van der Waals surface area contributed by atoms with Crippen molar-refractivity contribution in [3.05, 3.63) is 64.7 Å². The lowest BCUT2D eigenvalue weighted by Gasteiger charge is -2.00. The quantitative estimate of drug-likeness (QED) is 0.826. The Labute approximate surface area is 121 Å². The second kappa shape index (κ2) is 4.90. The number of aliphatic imine (C=N–C) groups is 1. The number of phenolic OH excluding ortho intramolecular Hbond substituents is 1. The maximum Gasteiger partial charge on any atom is 0.199 e. The molecule has 4 nitrogen and oxygen atoms in total. The number of aliphatic hydroxyl groups is 1. The van der Waals surface area contributed by atoms with Crippen LogP contribution in [0.15, 0.2) is 53.0 Å². The molecule has 2 aromatic rings. The molecule has 0 aliphatic heterocycles. The molecular weight excluding hydrogens is 266 g/mol. The summed E-state index contributed by atoms with van der Waals surface area (Å²) in [7, 11) is 0. The molecule has 0 atom stereocenters. The third-order valence-corrected chi connectivity index (χ3v) is 3.39. The maximum atomic E-state index is 12.2. The van der Waals surface area contributed by atoms with Crippen molar-refractivity contribution < 1.29 is 15.0 Å². The van der Waals surface area contributed by atoms with E-state index >= 15 is 0 Å². The Bertz CT molecular complexity index is 803. The zero-order valence-corrected chi connectivity index (χ0v) is 11.4. The summed E-state index contributed by atoms with van der Waals surface area (Å²) in [6, 6.07) is 11.9. The van der Waals surface area contributed by atoms with Crippen molar-refractivity contribution in [1.29, 1.82) is 0 Å². The van der Waals surface area contributed by atoms with E-state index in [0.717, 1.165) is 5.56 Å². The van der Waals surface area contributed by atoms with Crippen LogP contribution in [0.1, 0.15) is 21.5 Å². The van der Waals surface area contributed by atoms with Crippen LogP contribution in [0.25, 0.3) is 5.76 Å². The van der Waals surface area contributed by atoms with E-state index in [0.29, 0.717) is 16.8 Å². The number of carbonyl (C=O) groups is 1. The minimum atomic E-state index is -0.265. The van der Waals surface area contributed by atoms with Gasteiger partial charge in [0.1, 0.15) is 17.2 Å². The normalized spacial score (nSPS) is 14.0. The van der Waals surface area contributed by atoms with Gasteiger partial charge >= 0.3 is 0 Å². The van der Waals surface area contributed by atoms with E-state index in [4.69, 9.17) is 0 Å². The standard InChI is InChI=1S/C17H13NO3/c1-10-6-7-15(19)14(8-10)18-9-13-16(20)11-4-2-3-5-12(11)17(13)21/h2-9,19-20H,1H3/b18-9+. The van der Waals surface area contributed by atoms with Crippen LogP contribution < -0.4 is 0 Å². The van der Waals surface area contributed by atoms with Gasteiger partial charge in [-0.1, -0.05) is 30.3 Å². The first-order valence-corrected chi connectivity index (χ1v) is 6.49. The number of phenols is 1. The van der Waals surface area contributed by atoms with E-state index in [-0.39, 0.29) is 22.9 Å². The molecule has 1 aliphatic carbocycles. The molecule has 0 radical (unpaired) electrons. The van der Waals surface area contributed by atoms with Gasteiger partial charge in [-0.25, -0.2) is 0 Å². The summed E-state index contributed by atoms with van der Waals surface area (Å²) in [5.74, 6) is -0.314. The first-order chi connectivity index (χ1) is 10.1. The Kier molecular flexibility index (Phi) is 3.06. The summed E-state index contributed by atoms with van der Waals surface area (Å²) >= 11 is 0. The Hall–Kier alpha value is -2.88. The summed E-state index contributed by atoms with van der Waals surface area (Å²) < 4.78 is 0. The van der Waals surface area contributed by atoms with E-state index in [1.165, 1.54) is 6.21 Å². The lowest BCUT2D eigenvalue weighted by atomic mass is 10.1. The number of benzene rings is 2. The number of aromatic hydroxyl groups is 1. The third kappa shape index (κ3) is 2.21. The van der Waals surface area contributed by atoms with Crippen molar-refractivity contribution in [1.82, 2.24) is 0 Å². The molecule has 0 unspecified atom stereocenters. The second-order valence-electron chi connectivity index (χ2n) is 4.89. The van der Waals surface area contributed by atoms with Crippen LogP contribution in [0.5, 0.6) is 5.75 Å². The molecule has 4 heteroatoms. The van der Waals surface area contributed by atoms with Gasteiger partial charge < -0.3 is 10.2 Å². The monoisotopic (exact) mass is 279 g/mol. The fourth-order valence-corrected chi connectivity index (χ4v) is 2.28. The molecule has 21 heavy (non-hydrogen) atoms. The summed E-state index contributed by atoms with van der Waals surface area (Å²) in [5.41, 5.74) is 2.41. The number of nitrogens with zero attached hydrogens (tertiary/aromatic N) is 1. The molecular formula is C17H13NO3. The molecule has 0 saturated heterocycles. The summed E-state index contributed by atoms with van der Waals surface area (Å²) in [6.45, 7) is 1.88. The number of fused-ring (bicyclic) bond motifs is 1. The van der Waals surface area contributed by atoms with Gasteiger partial charge in [0, 0.05) is 17.3 Å². The minimum Gasteiger partial charge on any atom is -0.506 e. The topological polar surface area (TPSA) is 69.9 Å². The average molecular weight is 279 g/mol. The summed E-state index contributed by atoms with van der Waals surface area (Å²) in [5, 5.41) is 19.9. The van der Waals surface area contributed by atoms with Crippen LogP contribution in [-0.2, 0) is 0 Å². The first-order valence-electron chi connectivity index (χ1n) is 6.49. The van der Waals surface area contributed by atoms with Crippen LogP contribution in [0, 0.1) is 6.92 Å². The highest BCUT2D eigenvalue weighted by Crippen LogP contribution is 2.31. The molecule has 104 valence electrons. The Balaban J connectivity index is 2.00. The molecule has 3 rings (SSSR count). The van der Waals surface area contributed by atoms with Gasteiger partial charge in [-0.15, -0.1) is 0 Å². The molecule has 0 amide bonds. The van der Waals surface area contributed by atoms with Crippen molar-refractivity contribution in [2.45, 2.75) is 6.92 Å². The van der Waals surface area contributed by atoms with Crippen LogP contribution in [0.4, 0.5) is 5.69 Å².